The second-order valence-corrected chi connectivity index (χ2v) is 11.1. The van der Waals surface area contributed by atoms with Crippen LogP contribution in [-0.4, -0.2) is 87.1 Å². The van der Waals surface area contributed by atoms with Crippen molar-refractivity contribution in [1.82, 2.24) is 25.1 Å². The first-order valence-electron chi connectivity index (χ1n) is 15.2. The zero-order chi connectivity index (χ0) is 31.6. The molecule has 1 atom stereocenters. The molecule has 1 aromatic heterocycles. The molecule has 1 aliphatic heterocycles. The Morgan fingerprint density at radius 3 is 2.20 bits per heavy atom. The maximum absolute atomic E-state index is 13.6. The Hall–Kier alpha value is -5.00. The number of carbonyl (C=O) groups excluding carboxylic acids is 3. The molecule has 0 unspecified atom stereocenters. The molecule has 236 valence electrons. The van der Waals surface area contributed by atoms with E-state index in [9.17, 15) is 24.3 Å². The van der Waals surface area contributed by atoms with Gasteiger partial charge in [0, 0.05) is 44.2 Å². The van der Waals surface area contributed by atoms with Crippen molar-refractivity contribution in [2.24, 2.45) is 0 Å². The Morgan fingerprint density at radius 2 is 1.53 bits per heavy atom. The highest BCUT2D eigenvalue weighted by Gasteiger charge is 2.31. The van der Waals surface area contributed by atoms with E-state index in [1.807, 2.05) is 60.7 Å². The molecule has 3 aromatic rings. The Morgan fingerprint density at radius 1 is 0.889 bits per heavy atom. The van der Waals surface area contributed by atoms with Gasteiger partial charge < -0.3 is 29.7 Å². The van der Waals surface area contributed by atoms with Crippen LogP contribution >= 0.6 is 0 Å². The highest BCUT2D eigenvalue weighted by atomic mass is 16.6. The largest absolute Gasteiger partial charge is 0.481 e. The van der Waals surface area contributed by atoms with Crippen molar-refractivity contribution in [3.63, 3.8) is 0 Å². The highest BCUT2D eigenvalue weighted by molar-refractivity contribution is 5.96. The fourth-order valence-corrected chi connectivity index (χ4v) is 5.39. The van der Waals surface area contributed by atoms with Crippen LogP contribution in [-0.2, 0) is 20.9 Å². The van der Waals surface area contributed by atoms with Crippen LogP contribution in [0.1, 0.15) is 54.6 Å². The average molecular weight is 616 g/mol. The van der Waals surface area contributed by atoms with Crippen LogP contribution in [0.25, 0.3) is 11.4 Å². The van der Waals surface area contributed by atoms with Gasteiger partial charge in [-0.2, -0.15) is 4.98 Å². The molecule has 2 heterocycles. The van der Waals surface area contributed by atoms with E-state index in [0.29, 0.717) is 11.4 Å². The molecule has 0 radical (unpaired) electrons. The van der Waals surface area contributed by atoms with Crippen molar-refractivity contribution in [3.05, 3.63) is 78.0 Å². The number of amides is 3. The van der Waals surface area contributed by atoms with E-state index in [1.165, 1.54) is 15.9 Å². The van der Waals surface area contributed by atoms with E-state index in [-0.39, 0.29) is 63.3 Å². The number of hydrogen-bond acceptors (Lipinski definition) is 8. The van der Waals surface area contributed by atoms with Gasteiger partial charge in [0.1, 0.15) is 24.4 Å². The highest BCUT2D eigenvalue weighted by Crippen LogP contribution is 2.25. The molecule has 0 bridgehead atoms. The molecule has 0 spiro atoms. The van der Waals surface area contributed by atoms with E-state index < -0.39 is 29.9 Å². The summed E-state index contributed by atoms with van der Waals surface area (Å²) in [6, 6.07) is 18.9. The fraction of sp³-hybridized carbons (Fsp3) is 0.394. The van der Waals surface area contributed by atoms with Crippen LogP contribution in [0.3, 0.4) is 0 Å². The van der Waals surface area contributed by atoms with Crippen molar-refractivity contribution in [2.75, 3.05) is 26.2 Å². The lowest BCUT2D eigenvalue weighted by atomic mass is 10.1. The van der Waals surface area contributed by atoms with Gasteiger partial charge in [-0.05, 0) is 37.7 Å². The van der Waals surface area contributed by atoms with Gasteiger partial charge in [0.25, 0.3) is 5.91 Å². The summed E-state index contributed by atoms with van der Waals surface area (Å²) in [4.78, 5) is 63.2. The fourth-order valence-electron chi connectivity index (χ4n) is 5.39. The van der Waals surface area contributed by atoms with Gasteiger partial charge in [-0.15, -0.1) is 0 Å². The van der Waals surface area contributed by atoms with Crippen molar-refractivity contribution in [3.8, 4) is 17.3 Å². The summed E-state index contributed by atoms with van der Waals surface area (Å²) in [5, 5.41) is 12.0. The summed E-state index contributed by atoms with van der Waals surface area (Å²) < 4.78 is 11.5. The van der Waals surface area contributed by atoms with Crippen molar-refractivity contribution < 1.29 is 33.8 Å². The van der Waals surface area contributed by atoms with E-state index >= 15 is 0 Å². The maximum atomic E-state index is 13.6. The third kappa shape index (κ3) is 8.78. The maximum Gasteiger partial charge on any atom is 0.410 e. The third-order valence-electron chi connectivity index (χ3n) is 7.86. The van der Waals surface area contributed by atoms with Crippen molar-refractivity contribution >= 4 is 23.9 Å². The van der Waals surface area contributed by atoms with Crippen molar-refractivity contribution in [1.29, 1.82) is 0 Å². The molecular formula is C33H37N5O7. The summed E-state index contributed by atoms with van der Waals surface area (Å²) in [6.07, 6.45) is 3.01. The number of carboxylic acids is 1. The number of hydrogen-bond donors (Lipinski definition) is 2. The lowest BCUT2D eigenvalue weighted by Crippen LogP contribution is -2.56. The quantitative estimate of drug-likeness (QED) is 0.327. The second kappa shape index (κ2) is 15.1. The smallest absolute Gasteiger partial charge is 0.410 e. The van der Waals surface area contributed by atoms with E-state index in [2.05, 4.69) is 15.3 Å². The standard InChI is InChI=1S/C33H37N5O7/c39-29(40)16-15-26(32(42)37-17-19-38(20-18-37)33(43)44-22-23-9-3-1-4-10-23)35-31(41)27-21-28(45-25-13-7-8-14-25)36-30(34-27)24-11-5-2-6-12-24/h1-6,9-12,21,25-26H,7-8,13-20,22H2,(H,35,41)(H,39,40)/t26-/m0/s1. The summed E-state index contributed by atoms with van der Waals surface area (Å²) in [6.45, 7) is 1.05. The van der Waals surface area contributed by atoms with Gasteiger partial charge >= 0.3 is 12.1 Å². The first-order chi connectivity index (χ1) is 21.9. The lowest BCUT2D eigenvalue weighted by Gasteiger charge is -2.36. The zero-order valence-electron chi connectivity index (χ0n) is 25.0. The molecule has 12 nitrogen and oxygen atoms in total. The summed E-state index contributed by atoms with van der Waals surface area (Å²) in [7, 11) is 0. The Balaban J connectivity index is 1.25. The molecule has 2 aromatic carbocycles. The van der Waals surface area contributed by atoms with Crippen LogP contribution in [0, 0.1) is 0 Å². The lowest BCUT2D eigenvalue weighted by molar-refractivity contribution is -0.138. The summed E-state index contributed by atoms with van der Waals surface area (Å²) in [5.41, 5.74) is 1.58. The minimum atomic E-state index is -1.11. The van der Waals surface area contributed by atoms with Gasteiger partial charge in [0.15, 0.2) is 5.82 Å². The average Bonchev–Trinajstić information content (AvgIpc) is 3.59. The Labute approximate surface area is 261 Å². The Kier molecular flexibility index (Phi) is 10.6. The summed E-state index contributed by atoms with van der Waals surface area (Å²) >= 11 is 0. The minimum absolute atomic E-state index is 0.00128. The van der Waals surface area contributed by atoms with Crippen LogP contribution in [0.2, 0.25) is 0 Å². The predicted molar refractivity (Wildman–Crippen MR) is 163 cm³/mol. The normalized spacial score (nSPS) is 15.7. The number of carboxylic acid groups (broad SMARTS) is 1. The molecule has 2 fully saturated rings. The number of ether oxygens (including phenoxy) is 2. The second-order valence-electron chi connectivity index (χ2n) is 11.1. The number of nitrogens with zero attached hydrogens (tertiary/aromatic N) is 4. The molecular weight excluding hydrogens is 578 g/mol. The first kappa shape index (κ1) is 31.4. The molecule has 3 amide bonds. The molecule has 12 heteroatoms. The first-order valence-corrected chi connectivity index (χ1v) is 15.2. The number of aromatic nitrogens is 2. The van der Waals surface area contributed by atoms with Gasteiger partial charge in [-0.1, -0.05) is 60.7 Å². The molecule has 1 saturated carbocycles. The number of benzene rings is 2. The van der Waals surface area contributed by atoms with Crippen LogP contribution in [0.4, 0.5) is 4.79 Å². The molecule has 5 rings (SSSR count). The molecule has 1 aliphatic carbocycles. The molecule has 2 N–H and O–H groups in total. The minimum Gasteiger partial charge on any atom is -0.481 e. The van der Waals surface area contributed by atoms with Gasteiger partial charge in [0.05, 0.1) is 0 Å². The summed E-state index contributed by atoms with van der Waals surface area (Å²) in [5.74, 6) is -1.59. The molecule has 1 saturated heterocycles. The molecule has 45 heavy (non-hydrogen) atoms. The number of piperazine rings is 1. The third-order valence-corrected chi connectivity index (χ3v) is 7.86. The predicted octanol–water partition coefficient (Wildman–Crippen LogP) is 3.91. The van der Waals surface area contributed by atoms with Crippen LogP contribution in [0.5, 0.6) is 5.88 Å². The van der Waals surface area contributed by atoms with Gasteiger partial charge in [0.2, 0.25) is 11.8 Å². The van der Waals surface area contributed by atoms with Crippen LogP contribution in [0.15, 0.2) is 66.7 Å². The van der Waals surface area contributed by atoms with Gasteiger partial charge in [-0.25, -0.2) is 9.78 Å². The Bertz CT molecular complexity index is 1470. The zero-order valence-corrected chi connectivity index (χ0v) is 25.0. The van der Waals surface area contributed by atoms with E-state index in [1.54, 1.807) is 0 Å². The topological polar surface area (TPSA) is 151 Å². The number of rotatable bonds is 11. The number of nitrogens with one attached hydrogen (secondary N) is 1. The van der Waals surface area contributed by atoms with E-state index in [4.69, 9.17) is 9.47 Å². The monoisotopic (exact) mass is 615 g/mol. The van der Waals surface area contributed by atoms with Crippen LogP contribution < -0.4 is 10.1 Å². The SMILES string of the molecule is O=C(O)CC[C@H](NC(=O)c1cc(OC2CCCC2)nc(-c2ccccc2)n1)C(=O)N1CCN(C(=O)OCc2ccccc2)CC1. The van der Waals surface area contributed by atoms with Crippen molar-refractivity contribution in [2.45, 2.75) is 57.3 Å². The van der Waals surface area contributed by atoms with E-state index in [0.717, 1.165) is 31.2 Å². The number of aliphatic carboxylic acids is 1. The van der Waals surface area contributed by atoms with Gasteiger partial charge in [-0.3, -0.25) is 14.4 Å². The molecule has 2 aliphatic rings. The number of carbonyl (C=O) groups is 4.